The molecule has 2 aromatic carbocycles. The van der Waals surface area contributed by atoms with Crippen LogP contribution in [0.3, 0.4) is 0 Å². The quantitative estimate of drug-likeness (QED) is 0.126. The lowest BCUT2D eigenvalue weighted by Gasteiger charge is -2.25. The highest BCUT2D eigenvalue weighted by atomic mass is 28.4. The molecule has 0 radical (unpaired) electrons. The zero-order chi connectivity index (χ0) is 30.8. The van der Waals surface area contributed by atoms with Gasteiger partial charge in [-0.1, -0.05) is 46.1 Å². The Bertz CT molecular complexity index is 1160. The van der Waals surface area contributed by atoms with Gasteiger partial charge >= 0.3 is 0 Å². The number of hydrogen-bond acceptors (Lipinski definition) is 5. The smallest absolute Gasteiger partial charge is 0.242 e. The topological polar surface area (TPSA) is 69.7 Å². The van der Waals surface area contributed by atoms with E-state index in [1.807, 2.05) is 30.3 Å². The monoisotopic (exact) mass is 596 g/mol. The van der Waals surface area contributed by atoms with Crippen molar-refractivity contribution in [2.24, 2.45) is 0 Å². The summed E-state index contributed by atoms with van der Waals surface area (Å²) in [6.45, 7) is 18.8. The fraction of sp³-hybridized carbons (Fsp3) is 0.559. The second-order valence-corrected chi connectivity index (χ2v) is 21.9. The summed E-state index contributed by atoms with van der Waals surface area (Å²) >= 11 is 0. The standard InChI is InChI=1S/C34H52O5Si2/c1-10-13-16-30(35)27-22-25(19-20-33(27)38-40(4,5)6)21-26-23-28(31(36)17-14-11-2)34(39-41(7,8)9)29(24-26)32(37)18-15-12-3/h19-20,22-24H,10-18,21H2,1-9H3. The molecule has 0 unspecified atom stereocenters. The maximum absolute atomic E-state index is 13.5. The third-order valence-electron chi connectivity index (χ3n) is 6.60. The van der Waals surface area contributed by atoms with Crippen LogP contribution in [-0.2, 0) is 6.42 Å². The van der Waals surface area contributed by atoms with Crippen LogP contribution in [0.5, 0.6) is 11.5 Å². The predicted molar refractivity (Wildman–Crippen MR) is 175 cm³/mol. The molecule has 0 aliphatic carbocycles. The third-order valence-corrected chi connectivity index (χ3v) is 8.25. The molecule has 2 rings (SSSR count). The summed E-state index contributed by atoms with van der Waals surface area (Å²) in [6.07, 6.45) is 7.01. The van der Waals surface area contributed by atoms with Gasteiger partial charge < -0.3 is 8.85 Å². The Labute approximate surface area is 250 Å². The van der Waals surface area contributed by atoms with Gasteiger partial charge in [0.25, 0.3) is 0 Å². The van der Waals surface area contributed by atoms with Gasteiger partial charge in [-0.3, -0.25) is 14.4 Å². The molecule has 0 aliphatic heterocycles. The van der Waals surface area contributed by atoms with Gasteiger partial charge in [0, 0.05) is 19.3 Å². The van der Waals surface area contributed by atoms with Crippen LogP contribution in [0.2, 0.25) is 39.3 Å². The number of carbonyl (C=O) groups excluding carboxylic acids is 3. The zero-order valence-electron chi connectivity index (χ0n) is 27.0. The van der Waals surface area contributed by atoms with Gasteiger partial charge in [0.2, 0.25) is 16.6 Å². The highest BCUT2D eigenvalue weighted by molar-refractivity contribution is 6.70. The number of ketones is 3. The lowest BCUT2D eigenvalue weighted by Crippen LogP contribution is -2.31. The van der Waals surface area contributed by atoms with E-state index in [2.05, 4.69) is 60.1 Å². The van der Waals surface area contributed by atoms with Gasteiger partial charge in [-0.2, -0.15) is 0 Å². The molecule has 0 aromatic heterocycles. The third kappa shape index (κ3) is 11.4. The van der Waals surface area contributed by atoms with Crippen molar-refractivity contribution in [3.63, 3.8) is 0 Å². The molecule has 0 spiro atoms. The average Bonchev–Trinajstić information content (AvgIpc) is 2.88. The minimum atomic E-state index is -2.12. The van der Waals surface area contributed by atoms with Crippen molar-refractivity contribution in [2.45, 2.75) is 124 Å². The number of hydrogen-bond donors (Lipinski definition) is 0. The number of benzene rings is 2. The molecule has 2 aromatic rings. The van der Waals surface area contributed by atoms with Gasteiger partial charge in [-0.25, -0.2) is 0 Å². The van der Waals surface area contributed by atoms with E-state index in [1.54, 1.807) is 0 Å². The summed E-state index contributed by atoms with van der Waals surface area (Å²) in [5, 5.41) is 0. The number of rotatable bonds is 18. The summed E-state index contributed by atoms with van der Waals surface area (Å²) in [5.41, 5.74) is 3.46. The zero-order valence-corrected chi connectivity index (χ0v) is 29.0. The van der Waals surface area contributed by atoms with E-state index in [-0.39, 0.29) is 17.3 Å². The maximum Gasteiger partial charge on any atom is 0.242 e. The number of unbranched alkanes of at least 4 members (excludes halogenated alkanes) is 3. The minimum Gasteiger partial charge on any atom is -0.544 e. The Balaban J connectivity index is 2.66. The molecular formula is C34H52O5Si2. The van der Waals surface area contributed by atoms with Crippen LogP contribution < -0.4 is 8.85 Å². The Morgan fingerprint density at radius 3 is 1.41 bits per heavy atom. The van der Waals surface area contributed by atoms with E-state index in [0.717, 1.165) is 49.7 Å². The Morgan fingerprint density at radius 1 is 0.585 bits per heavy atom. The minimum absolute atomic E-state index is 0.0146. The van der Waals surface area contributed by atoms with Gasteiger partial charge in [0.15, 0.2) is 17.3 Å². The summed E-state index contributed by atoms with van der Waals surface area (Å²) in [5.74, 6) is 1.23. The Kier molecular flexibility index (Phi) is 13.2. The molecule has 0 atom stereocenters. The van der Waals surface area contributed by atoms with E-state index >= 15 is 0 Å². The molecule has 5 nitrogen and oxygen atoms in total. The molecule has 0 fully saturated rings. The van der Waals surface area contributed by atoms with Crippen LogP contribution in [0.15, 0.2) is 30.3 Å². The van der Waals surface area contributed by atoms with E-state index in [1.165, 1.54) is 0 Å². The molecule has 0 heterocycles. The van der Waals surface area contributed by atoms with Crippen molar-refractivity contribution in [3.05, 3.63) is 58.1 Å². The fourth-order valence-electron chi connectivity index (χ4n) is 4.60. The van der Waals surface area contributed by atoms with Crippen molar-refractivity contribution in [1.82, 2.24) is 0 Å². The van der Waals surface area contributed by atoms with Gasteiger partial charge in [-0.05, 0) is 100 Å². The Hall–Kier alpha value is -2.52. The van der Waals surface area contributed by atoms with Crippen molar-refractivity contribution in [2.75, 3.05) is 0 Å². The predicted octanol–water partition coefficient (Wildman–Crippen LogP) is 9.82. The Morgan fingerprint density at radius 2 is 1.00 bits per heavy atom. The second-order valence-electron chi connectivity index (χ2n) is 13.0. The first-order valence-electron chi connectivity index (χ1n) is 15.5. The molecule has 0 aliphatic rings. The number of carbonyl (C=O) groups is 3. The summed E-state index contributed by atoms with van der Waals surface area (Å²) in [7, 11) is -4.04. The molecular weight excluding hydrogens is 545 g/mol. The first-order chi connectivity index (χ1) is 19.2. The van der Waals surface area contributed by atoms with Crippen LogP contribution in [0, 0.1) is 0 Å². The highest BCUT2D eigenvalue weighted by Crippen LogP contribution is 2.33. The SMILES string of the molecule is CCCCC(=O)c1cc(Cc2cc(C(=O)CCCC)c(O[Si](C)(C)C)c(C(=O)CCCC)c2)ccc1O[Si](C)(C)C. The van der Waals surface area contributed by atoms with Gasteiger partial charge in [-0.15, -0.1) is 0 Å². The van der Waals surface area contributed by atoms with Crippen molar-refractivity contribution >= 4 is 34.0 Å². The van der Waals surface area contributed by atoms with Crippen LogP contribution in [0.25, 0.3) is 0 Å². The summed E-state index contributed by atoms with van der Waals surface area (Å²) in [4.78, 5) is 40.2. The van der Waals surface area contributed by atoms with Crippen molar-refractivity contribution < 1.29 is 23.2 Å². The summed E-state index contributed by atoms with van der Waals surface area (Å²) < 4.78 is 12.8. The first-order valence-corrected chi connectivity index (χ1v) is 22.3. The van der Waals surface area contributed by atoms with Crippen LogP contribution in [0.1, 0.15) is 121 Å². The maximum atomic E-state index is 13.5. The van der Waals surface area contributed by atoms with Crippen LogP contribution in [0.4, 0.5) is 0 Å². The van der Waals surface area contributed by atoms with Gasteiger partial charge in [0.1, 0.15) is 11.5 Å². The largest absolute Gasteiger partial charge is 0.544 e. The average molecular weight is 597 g/mol. The molecule has 0 saturated heterocycles. The van der Waals surface area contributed by atoms with Crippen LogP contribution in [-0.4, -0.2) is 34.0 Å². The second kappa shape index (κ2) is 15.6. The molecule has 0 amide bonds. The molecule has 0 saturated carbocycles. The van der Waals surface area contributed by atoms with Crippen LogP contribution >= 0.6 is 0 Å². The van der Waals surface area contributed by atoms with E-state index in [4.69, 9.17) is 8.85 Å². The highest BCUT2D eigenvalue weighted by Gasteiger charge is 2.27. The molecule has 226 valence electrons. The first kappa shape index (κ1) is 34.7. The molecule has 7 heteroatoms. The van der Waals surface area contributed by atoms with Crippen molar-refractivity contribution in [3.8, 4) is 11.5 Å². The van der Waals surface area contributed by atoms with Gasteiger partial charge in [0.05, 0.1) is 16.7 Å². The molecule has 0 bridgehead atoms. The van der Waals surface area contributed by atoms with E-state index in [9.17, 15) is 14.4 Å². The molecule has 0 N–H and O–H groups in total. The van der Waals surface area contributed by atoms with E-state index < -0.39 is 16.6 Å². The van der Waals surface area contributed by atoms with E-state index in [0.29, 0.717) is 53.9 Å². The lowest BCUT2D eigenvalue weighted by atomic mass is 9.92. The number of Topliss-reactive ketones (excluding diaryl/α,β-unsaturated/α-hetero) is 3. The van der Waals surface area contributed by atoms with Crippen molar-refractivity contribution in [1.29, 1.82) is 0 Å². The lowest BCUT2D eigenvalue weighted by molar-refractivity contribution is 0.0966. The normalized spacial score (nSPS) is 11.8. The molecule has 41 heavy (non-hydrogen) atoms. The fourth-order valence-corrected chi connectivity index (χ4v) is 6.27. The summed E-state index contributed by atoms with van der Waals surface area (Å²) in [6, 6.07) is 9.67.